The first-order valence-electron chi connectivity index (χ1n) is 10.9. The number of imidazole rings is 1. The van der Waals surface area contributed by atoms with Crippen LogP contribution >= 0.6 is 15.9 Å². The Hall–Kier alpha value is -3.65. The van der Waals surface area contributed by atoms with Gasteiger partial charge in [-0.3, -0.25) is 14.6 Å². The van der Waals surface area contributed by atoms with Crippen LogP contribution in [-0.4, -0.2) is 34.7 Å². The number of aromatic nitrogens is 2. The van der Waals surface area contributed by atoms with Crippen LogP contribution in [0.3, 0.4) is 0 Å². The van der Waals surface area contributed by atoms with Crippen molar-refractivity contribution in [3.8, 4) is 5.75 Å². The van der Waals surface area contributed by atoms with Crippen molar-refractivity contribution in [1.29, 1.82) is 0 Å². The average Bonchev–Trinajstić information content (AvgIpc) is 3.45. The lowest BCUT2D eigenvalue weighted by molar-refractivity contribution is -0.695. The molecule has 0 aliphatic carbocycles. The number of H-pyrrole nitrogens is 1. The normalized spacial score (nSPS) is 17.2. The van der Waals surface area contributed by atoms with Crippen LogP contribution in [0.4, 0.5) is 0 Å². The van der Waals surface area contributed by atoms with Crippen molar-refractivity contribution in [2.24, 2.45) is 0 Å². The molecule has 1 unspecified atom stereocenters. The summed E-state index contributed by atoms with van der Waals surface area (Å²) in [5.41, 5.74) is 1.00. The molecule has 1 fully saturated rings. The first-order valence-corrected chi connectivity index (χ1v) is 11.7. The topological polar surface area (TPSA) is 89.3 Å². The molecule has 2 aromatic carbocycles. The molecule has 0 radical (unpaired) electrons. The van der Waals surface area contributed by atoms with Gasteiger partial charge in [0.05, 0.1) is 12.6 Å². The second-order valence-electron chi connectivity index (χ2n) is 7.85. The van der Waals surface area contributed by atoms with E-state index in [0.717, 1.165) is 4.47 Å². The van der Waals surface area contributed by atoms with Crippen molar-refractivity contribution in [3.05, 3.63) is 101 Å². The summed E-state index contributed by atoms with van der Waals surface area (Å²) in [5, 5.41) is 13.5. The van der Waals surface area contributed by atoms with E-state index in [1.165, 1.54) is 4.90 Å². The van der Waals surface area contributed by atoms with Crippen LogP contribution in [0.2, 0.25) is 0 Å². The van der Waals surface area contributed by atoms with Crippen molar-refractivity contribution in [2.45, 2.75) is 19.0 Å². The van der Waals surface area contributed by atoms with Crippen LogP contribution < -0.4 is 14.4 Å². The molecular weight excluding hydrogens is 498 g/mol. The number of ether oxygens (including phenoxy) is 1. The minimum absolute atomic E-state index is 0.0304. The standard InChI is InChI=1S/C26H24BrN3O4/c1-2-15-34-21-9-7-18(8-10-21)24(31)22-23(19-5-3-6-20(27)16-19)30(26(33)25(22)32)13-4-12-29-14-11-28-17-29/h2-3,5-11,14,16-17,23H,1,4,12-13,15H2,(H,31,32). The number of nitrogens with zero attached hydrogens (tertiary/aromatic N) is 2. The Morgan fingerprint density at radius 1 is 1.24 bits per heavy atom. The molecule has 3 aromatic rings. The molecule has 1 aromatic heterocycles. The van der Waals surface area contributed by atoms with Crippen molar-refractivity contribution in [1.82, 2.24) is 9.88 Å². The Kier molecular flexibility index (Phi) is 7.27. The minimum Gasteiger partial charge on any atom is -0.872 e. The summed E-state index contributed by atoms with van der Waals surface area (Å²) in [4.78, 5) is 30.6. The third-order valence-corrected chi connectivity index (χ3v) is 6.09. The molecule has 34 heavy (non-hydrogen) atoms. The molecule has 1 aliphatic heterocycles. The zero-order valence-corrected chi connectivity index (χ0v) is 20.0. The molecule has 1 amide bonds. The van der Waals surface area contributed by atoms with Crippen LogP contribution in [0.15, 0.2) is 90.0 Å². The fraction of sp³-hybridized carbons (Fsp3) is 0.192. The third-order valence-electron chi connectivity index (χ3n) is 5.60. The van der Waals surface area contributed by atoms with Crippen LogP contribution in [0, 0.1) is 0 Å². The summed E-state index contributed by atoms with van der Waals surface area (Å²) in [6, 6.07) is 13.1. The van der Waals surface area contributed by atoms with Gasteiger partial charge >= 0.3 is 0 Å². The largest absolute Gasteiger partial charge is 0.872 e. The van der Waals surface area contributed by atoms with E-state index in [1.807, 2.05) is 47.6 Å². The summed E-state index contributed by atoms with van der Waals surface area (Å²) in [5.74, 6) is -1.28. The van der Waals surface area contributed by atoms with Crippen molar-refractivity contribution in [2.75, 3.05) is 13.2 Å². The van der Waals surface area contributed by atoms with E-state index >= 15 is 0 Å². The van der Waals surface area contributed by atoms with Crippen LogP contribution in [-0.2, 0) is 16.1 Å². The molecule has 0 spiro atoms. The van der Waals surface area contributed by atoms with Gasteiger partial charge in [-0.15, -0.1) is 0 Å². The fourth-order valence-corrected chi connectivity index (χ4v) is 4.44. The third kappa shape index (κ3) is 4.97. The van der Waals surface area contributed by atoms with Crippen molar-refractivity contribution in [3.63, 3.8) is 0 Å². The molecule has 1 atom stereocenters. The van der Waals surface area contributed by atoms with Gasteiger partial charge in [-0.05, 0) is 35.4 Å². The summed E-state index contributed by atoms with van der Waals surface area (Å²) in [6.07, 6.45) is 7.79. The predicted molar refractivity (Wildman–Crippen MR) is 128 cm³/mol. The summed E-state index contributed by atoms with van der Waals surface area (Å²) in [7, 11) is 0. The monoisotopic (exact) mass is 521 g/mol. The summed E-state index contributed by atoms with van der Waals surface area (Å²) >= 11 is 3.46. The van der Waals surface area contributed by atoms with Crippen LogP contribution in [0.25, 0.3) is 5.76 Å². The molecule has 174 valence electrons. The van der Waals surface area contributed by atoms with Gasteiger partial charge < -0.3 is 14.7 Å². The highest BCUT2D eigenvalue weighted by atomic mass is 79.9. The Balaban J connectivity index is 1.69. The number of rotatable bonds is 9. The smallest absolute Gasteiger partial charge is 0.295 e. The number of benzene rings is 2. The van der Waals surface area contributed by atoms with E-state index in [0.29, 0.717) is 43.0 Å². The van der Waals surface area contributed by atoms with Gasteiger partial charge in [-0.2, -0.15) is 0 Å². The number of aromatic amines is 1. The second kappa shape index (κ2) is 10.5. The Labute approximate surface area is 206 Å². The van der Waals surface area contributed by atoms with E-state index in [9.17, 15) is 14.7 Å². The maximum absolute atomic E-state index is 13.5. The highest BCUT2D eigenvalue weighted by Crippen LogP contribution is 2.39. The SMILES string of the molecule is C=CCOc1ccc(/C([O-])=C2\C(=O)C(=O)N(CCC[n+]3cc[nH]c3)C2c2cccc(Br)c2)cc1. The van der Waals surface area contributed by atoms with Gasteiger partial charge in [0.2, 0.25) is 12.1 Å². The quantitative estimate of drug-likeness (QED) is 0.154. The molecule has 1 saturated heterocycles. The lowest BCUT2D eigenvalue weighted by atomic mass is 9.95. The van der Waals surface area contributed by atoms with Crippen LogP contribution in [0.5, 0.6) is 5.75 Å². The number of amides is 1. The van der Waals surface area contributed by atoms with E-state index in [4.69, 9.17) is 4.74 Å². The first-order chi connectivity index (χ1) is 16.5. The number of carbonyl (C=O) groups is 2. The number of halogens is 1. The summed E-state index contributed by atoms with van der Waals surface area (Å²) < 4.78 is 8.24. The predicted octanol–water partition coefficient (Wildman–Crippen LogP) is 2.94. The Morgan fingerprint density at radius 2 is 2.03 bits per heavy atom. The van der Waals surface area contributed by atoms with Crippen molar-refractivity contribution < 1.29 is 24.0 Å². The van der Waals surface area contributed by atoms with E-state index in [1.54, 1.807) is 30.3 Å². The molecule has 1 aliphatic rings. The van der Waals surface area contributed by atoms with E-state index < -0.39 is 23.5 Å². The van der Waals surface area contributed by atoms with Gasteiger partial charge in [-0.1, -0.05) is 58.6 Å². The van der Waals surface area contributed by atoms with E-state index in [2.05, 4.69) is 27.5 Å². The number of hydrogen-bond donors (Lipinski definition) is 1. The summed E-state index contributed by atoms with van der Waals surface area (Å²) in [6.45, 7) is 4.97. The number of carbonyl (C=O) groups excluding carboxylic acids is 2. The lowest BCUT2D eigenvalue weighted by Crippen LogP contribution is -2.36. The van der Waals surface area contributed by atoms with Gasteiger partial charge in [0, 0.05) is 23.0 Å². The van der Waals surface area contributed by atoms with Gasteiger partial charge in [-0.25, -0.2) is 4.57 Å². The van der Waals surface area contributed by atoms with Crippen LogP contribution in [0.1, 0.15) is 23.6 Å². The van der Waals surface area contributed by atoms with Gasteiger partial charge in [0.15, 0.2) is 0 Å². The average molecular weight is 522 g/mol. The highest BCUT2D eigenvalue weighted by Gasteiger charge is 2.43. The molecule has 7 nitrogen and oxygen atoms in total. The fourth-order valence-electron chi connectivity index (χ4n) is 4.02. The van der Waals surface area contributed by atoms with Crippen molar-refractivity contribution >= 4 is 33.4 Å². The van der Waals surface area contributed by atoms with E-state index in [-0.39, 0.29) is 5.57 Å². The van der Waals surface area contributed by atoms with Gasteiger partial charge in [0.25, 0.3) is 5.91 Å². The molecule has 1 N–H and O–H groups in total. The molecule has 8 heteroatoms. The molecule has 2 heterocycles. The molecule has 4 rings (SSSR count). The number of likely N-dealkylation sites (tertiary alicyclic amines) is 1. The molecular formula is C26H24BrN3O4. The minimum atomic E-state index is -0.753. The number of Topliss-reactive ketones (excluding diaryl/α,β-unsaturated/α-hetero) is 1. The van der Waals surface area contributed by atoms with Gasteiger partial charge in [0.1, 0.15) is 24.8 Å². The molecule has 0 saturated carbocycles. The number of ketones is 1. The lowest BCUT2D eigenvalue weighted by Gasteiger charge is -2.27. The number of nitrogens with one attached hydrogen (secondary N) is 1. The second-order valence-corrected chi connectivity index (χ2v) is 8.77. The Morgan fingerprint density at radius 3 is 2.71 bits per heavy atom. The highest BCUT2D eigenvalue weighted by molar-refractivity contribution is 9.10. The maximum Gasteiger partial charge on any atom is 0.295 e. The first kappa shape index (κ1) is 23.5. The number of aryl methyl sites for hydroxylation is 1. The Bertz CT molecular complexity index is 1220. The number of hydrogen-bond acceptors (Lipinski definition) is 4. The maximum atomic E-state index is 13.5. The zero-order chi connectivity index (χ0) is 24.1. The zero-order valence-electron chi connectivity index (χ0n) is 18.4. The molecule has 0 bridgehead atoms.